The van der Waals surface area contributed by atoms with E-state index in [2.05, 4.69) is 0 Å². The highest BCUT2D eigenvalue weighted by atomic mass is 32.2. The maximum absolute atomic E-state index is 12.5. The molecule has 0 spiro atoms. The Bertz CT molecular complexity index is 337. The Labute approximate surface area is 111 Å². The predicted molar refractivity (Wildman–Crippen MR) is 72.4 cm³/mol. The van der Waals surface area contributed by atoms with Crippen LogP contribution in [0.3, 0.4) is 0 Å². The molecule has 0 aromatic heterocycles. The summed E-state index contributed by atoms with van der Waals surface area (Å²) in [6, 6.07) is 0. The number of nitrogens with zero attached hydrogens (tertiary/aromatic N) is 2. The molecule has 0 radical (unpaired) electrons. The van der Waals surface area contributed by atoms with Gasteiger partial charge in [0.2, 0.25) is 0 Å². The molecule has 0 aromatic carbocycles. The van der Waals surface area contributed by atoms with Crippen LogP contribution in [-0.2, 0) is 10.2 Å². The van der Waals surface area contributed by atoms with Gasteiger partial charge in [0.25, 0.3) is 10.2 Å². The van der Waals surface area contributed by atoms with Gasteiger partial charge in [-0.3, -0.25) is 0 Å². The fourth-order valence-electron chi connectivity index (χ4n) is 2.36. The zero-order chi connectivity index (χ0) is 13.8. The lowest BCUT2D eigenvalue weighted by Gasteiger charge is -2.27. The second-order valence-electron chi connectivity index (χ2n) is 5.05. The molecule has 0 saturated carbocycles. The minimum Gasteiger partial charge on any atom is -0.393 e. The first-order valence-electron chi connectivity index (χ1n) is 6.86. The fraction of sp³-hybridized carbons (Fsp3) is 1.00. The molecule has 1 aliphatic rings. The highest BCUT2D eigenvalue weighted by Crippen LogP contribution is 2.24. The van der Waals surface area contributed by atoms with Crippen molar-refractivity contribution in [2.24, 2.45) is 5.92 Å². The van der Waals surface area contributed by atoms with Crippen LogP contribution in [-0.4, -0.2) is 54.4 Å². The Kier molecular flexibility index (Phi) is 6.04. The second-order valence-corrected chi connectivity index (χ2v) is 6.98. The van der Waals surface area contributed by atoms with Crippen LogP contribution in [0.1, 0.15) is 40.0 Å². The summed E-state index contributed by atoms with van der Waals surface area (Å²) in [5.74, 6) is 0.0740. The highest BCUT2D eigenvalue weighted by Gasteiger charge is 2.36. The van der Waals surface area contributed by atoms with Crippen molar-refractivity contribution in [3.05, 3.63) is 0 Å². The molecule has 1 fully saturated rings. The van der Waals surface area contributed by atoms with Gasteiger partial charge in [0.05, 0.1) is 6.10 Å². The summed E-state index contributed by atoms with van der Waals surface area (Å²) in [7, 11) is -3.34. The Hall–Kier alpha value is -0.170. The third kappa shape index (κ3) is 3.66. The van der Waals surface area contributed by atoms with E-state index in [1.54, 1.807) is 11.2 Å². The van der Waals surface area contributed by atoms with Crippen molar-refractivity contribution in [2.45, 2.75) is 46.1 Å². The van der Waals surface area contributed by atoms with E-state index in [4.69, 9.17) is 0 Å². The molecule has 1 aliphatic heterocycles. The summed E-state index contributed by atoms with van der Waals surface area (Å²) in [6.45, 7) is 7.84. The third-order valence-electron chi connectivity index (χ3n) is 3.47. The molecule has 1 saturated heterocycles. The smallest absolute Gasteiger partial charge is 0.281 e. The van der Waals surface area contributed by atoms with Crippen LogP contribution in [0.2, 0.25) is 0 Å². The van der Waals surface area contributed by atoms with Crippen molar-refractivity contribution in [1.82, 2.24) is 8.61 Å². The highest BCUT2D eigenvalue weighted by molar-refractivity contribution is 7.86. The van der Waals surface area contributed by atoms with Crippen LogP contribution in [0.4, 0.5) is 0 Å². The molecular weight excluding hydrogens is 252 g/mol. The average Bonchev–Trinajstić information content (AvgIpc) is 2.78. The zero-order valence-electron chi connectivity index (χ0n) is 11.7. The molecule has 1 N–H and O–H groups in total. The van der Waals surface area contributed by atoms with Crippen molar-refractivity contribution >= 4 is 10.2 Å². The fourth-order valence-corrected chi connectivity index (χ4v) is 4.23. The Morgan fingerprint density at radius 3 is 2.28 bits per heavy atom. The van der Waals surface area contributed by atoms with Crippen LogP contribution in [0.25, 0.3) is 0 Å². The van der Waals surface area contributed by atoms with Crippen molar-refractivity contribution in [1.29, 1.82) is 0 Å². The Morgan fingerprint density at radius 2 is 1.89 bits per heavy atom. The SMILES string of the molecule is CCCN(CCC)S(=O)(=O)N1CCC(C(C)O)C1. The standard InChI is InChI=1S/C12H26N2O3S/c1-4-7-13(8-5-2)18(16,17)14-9-6-12(10-14)11(3)15/h11-12,15H,4-10H2,1-3H3. The summed E-state index contributed by atoms with van der Waals surface area (Å²) >= 11 is 0. The van der Waals surface area contributed by atoms with Gasteiger partial charge >= 0.3 is 0 Å². The lowest BCUT2D eigenvalue weighted by molar-refractivity contribution is 0.132. The predicted octanol–water partition coefficient (Wildman–Crippen LogP) is 1.06. The van der Waals surface area contributed by atoms with E-state index >= 15 is 0 Å². The third-order valence-corrected chi connectivity index (χ3v) is 5.47. The molecule has 1 rings (SSSR count). The first-order valence-corrected chi connectivity index (χ1v) is 8.26. The Morgan fingerprint density at radius 1 is 1.33 bits per heavy atom. The van der Waals surface area contributed by atoms with Crippen LogP contribution in [0, 0.1) is 5.92 Å². The molecular formula is C12H26N2O3S. The molecule has 5 nitrogen and oxygen atoms in total. The van der Waals surface area contributed by atoms with Crippen LogP contribution in [0.15, 0.2) is 0 Å². The van der Waals surface area contributed by atoms with Gasteiger partial charge in [-0.05, 0) is 32.1 Å². The molecule has 0 aromatic rings. The van der Waals surface area contributed by atoms with Gasteiger partial charge in [0, 0.05) is 26.2 Å². The molecule has 0 bridgehead atoms. The second kappa shape index (κ2) is 6.84. The maximum atomic E-state index is 12.5. The van der Waals surface area contributed by atoms with E-state index in [0.29, 0.717) is 26.2 Å². The van der Waals surface area contributed by atoms with E-state index in [0.717, 1.165) is 19.3 Å². The molecule has 2 unspecified atom stereocenters. The first kappa shape index (κ1) is 15.9. The van der Waals surface area contributed by atoms with Gasteiger partial charge in [-0.15, -0.1) is 0 Å². The maximum Gasteiger partial charge on any atom is 0.281 e. The van der Waals surface area contributed by atoms with E-state index in [-0.39, 0.29) is 5.92 Å². The summed E-state index contributed by atoms with van der Waals surface area (Å²) in [6.07, 6.45) is 1.97. The van der Waals surface area contributed by atoms with Crippen molar-refractivity contribution in [3.63, 3.8) is 0 Å². The van der Waals surface area contributed by atoms with Gasteiger partial charge in [-0.1, -0.05) is 13.8 Å². The minimum atomic E-state index is -3.34. The molecule has 18 heavy (non-hydrogen) atoms. The van der Waals surface area contributed by atoms with E-state index in [9.17, 15) is 13.5 Å². The molecule has 0 aliphatic carbocycles. The lowest BCUT2D eigenvalue weighted by Crippen LogP contribution is -2.43. The normalized spacial score (nSPS) is 23.7. The Balaban J connectivity index is 2.73. The molecule has 0 amide bonds. The number of hydrogen-bond donors (Lipinski definition) is 1. The van der Waals surface area contributed by atoms with Crippen LogP contribution >= 0.6 is 0 Å². The van der Waals surface area contributed by atoms with Gasteiger partial charge in [-0.25, -0.2) is 0 Å². The van der Waals surface area contributed by atoms with E-state index in [1.165, 1.54) is 4.31 Å². The number of aliphatic hydroxyl groups is 1. The number of rotatable bonds is 7. The minimum absolute atomic E-state index is 0.0740. The summed E-state index contributed by atoms with van der Waals surface area (Å²) < 4.78 is 28.0. The van der Waals surface area contributed by atoms with E-state index in [1.807, 2.05) is 13.8 Å². The number of hydrogen-bond acceptors (Lipinski definition) is 3. The van der Waals surface area contributed by atoms with Crippen molar-refractivity contribution < 1.29 is 13.5 Å². The van der Waals surface area contributed by atoms with Gasteiger partial charge in [0.1, 0.15) is 0 Å². The monoisotopic (exact) mass is 278 g/mol. The van der Waals surface area contributed by atoms with Crippen LogP contribution < -0.4 is 0 Å². The lowest BCUT2D eigenvalue weighted by atomic mass is 10.0. The summed E-state index contributed by atoms with van der Waals surface area (Å²) in [4.78, 5) is 0. The summed E-state index contributed by atoms with van der Waals surface area (Å²) in [5.41, 5.74) is 0. The topological polar surface area (TPSA) is 60.9 Å². The number of aliphatic hydroxyl groups excluding tert-OH is 1. The quantitative estimate of drug-likeness (QED) is 0.757. The first-order chi connectivity index (χ1) is 8.43. The van der Waals surface area contributed by atoms with Gasteiger partial charge < -0.3 is 5.11 Å². The largest absolute Gasteiger partial charge is 0.393 e. The zero-order valence-corrected chi connectivity index (χ0v) is 12.5. The molecule has 108 valence electrons. The van der Waals surface area contributed by atoms with Gasteiger partial charge in [0.15, 0.2) is 0 Å². The molecule has 1 heterocycles. The van der Waals surface area contributed by atoms with Crippen LogP contribution in [0.5, 0.6) is 0 Å². The van der Waals surface area contributed by atoms with E-state index < -0.39 is 16.3 Å². The molecule has 2 atom stereocenters. The molecule has 6 heteroatoms. The summed E-state index contributed by atoms with van der Waals surface area (Å²) in [5, 5.41) is 9.55. The van der Waals surface area contributed by atoms with Gasteiger partial charge in [-0.2, -0.15) is 17.0 Å². The average molecular weight is 278 g/mol. The van der Waals surface area contributed by atoms with Crippen molar-refractivity contribution in [2.75, 3.05) is 26.2 Å². The van der Waals surface area contributed by atoms with Crippen molar-refractivity contribution in [3.8, 4) is 0 Å².